The first-order valence-corrected chi connectivity index (χ1v) is 6.30. The molecule has 1 aromatic rings. The van der Waals surface area contributed by atoms with Gasteiger partial charge in [-0.1, -0.05) is 0 Å². The molecule has 2 rings (SSSR count). The Balaban J connectivity index is 1.69. The summed E-state index contributed by atoms with van der Waals surface area (Å²) in [6, 6.07) is 3.83. The zero-order valence-electron chi connectivity index (χ0n) is 10.8. The van der Waals surface area contributed by atoms with Crippen LogP contribution in [0.3, 0.4) is 0 Å². The smallest absolute Gasteiger partial charge is 0.234 e. The van der Waals surface area contributed by atoms with Crippen LogP contribution in [0, 0.1) is 0 Å². The van der Waals surface area contributed by atoms with Crippen LogP contribution >= 0.6 is 0 Å². The quantitative estimate of drug-likeness (QED) is 0.811. The minimum Gasteiger partial charge on any atom is -0.351 e. The fourth-order valence-corrected chi connectivity index (χ4v) is 1.97. The van der Waals surface area contributed by atoms with Crippen molar-refractivity contribution in [2.24, 2.45) is 0 Å². The molecule has 5 nitrogen and oxygen atoms in total. The van der Waals surface area contributed by atoms with E-state index < -0.39 is 0 Å². The SMILES string of the molecule is CN1CCN(CC(=O)NCc2ccncc2)CC1. The maximum Gasteiger partial charge on any atom is 0.234 e. The van der Waals surface area contributed by atoms with Crippen molar-refractivity contribution in [3.63, 3.8) is 0 Å². The van der Waals surface area contributed by atoms with Crippen LogP contribution in [-0.4, -0.2) is 60.5 Å². The van der Waals surface area contributed by atoms with Crippen LogP contribution in [0.15, 0.2) is 24.5 Å². The molecule has 1 aromatic heterocycles. The molecule has 2 heterocycles. The molecule has 1 fully saturated rings. The van der Waals surface area contributed by atoms with Gasteiger partial charge in [0.2, 0.25) is 5.91 Å². The summed E-state index contributed by atoms with van der Waals surface area (Å²) >= 11 is 0. The van der Waals surface area contributed by atoms with Gasteiger partial charge in [-0.05, 0) is 24.7 Å². The summed E-state index contributed by atoms with van der Waals surface area (Å²) < 4.78 is 0. The first kappa shape index (κ1) is 13.0. The van der Waals surface area contributed by atoms with E-state index in [9.17, 15) is 4.79 Å². The Hall–Kier alpha value is -1.46. The number of carbonyl (C=O) groups is 1. The van der Waals surface area contributed by atoms with E-state index in [1.54, 1.807) is 12.4 Å². The zero-order valence-corrected chi connectivity index (χ0v) is 10.8. The van der Waals surface area contributed by atoms with Gasteiger partial charge in [-0.2, -0.15) is 0 Å². The van der Waals surface area contributed by atoms with E-state index in [2.05, 4.69) is 27.1 Å². The summed E-state index contributed by atoms with van der Waals surface area (Å²) in [6.07, 6.45) is 3.48. The molecule has 0 radical (unpaired) electrons. The van der Waals surface area contributed by atoms with Gasteiger partial charge in [0.1, 0.15) is 0 Å². The van der Waals surface area contributed by atoms with E-state index in [1.165, 1.54) is 0 Å². The van der Waals surface area contributed by atoms with Crippen molar-refractivity contribution in [3.05, 3.63) is 30.1 Å². The van der Waals surface area contributed by atoms with Crippen molar-refractivity contribution in [1.29, 1.82) is 0 Å². The van der Waals surface area contributed by atoms with E-state index in [4.69, 9.17) is 0 Å². The first-order chi connectivity index (χ1) is 8.74. The van der Waals surface area contributed by atoms with Crippen LogP contribution < -0.4 is 5.32 Å². The van der Waals surface area contributed by atoms with Crippen molar-refractivity contribution in [1.82, 2.24) is 20.1 Å². The summed E-state index contributed by atoms with van der Waals surface area (Å²) in [6.45, 7) is 5.10. The Labute approximate surface area is 108 Å². The lowest BCUT2D eigenvalue weighted by Gasteiger charge is -2.31. The number of carbonyl (C=O) groups excluding carboxylic acids is 1. The maximum absolute atomic E-state index is 11.8. The highest BCUT2D eigenvalue weighted by Crippen LogP contribution is 1.99. The lowest BCUT2D eigenvalue weighted by atomic mass is 10.2. The van der Waals surface area contributed by atoms with Crippen molar-refractivity contribution in [3.8, 4) is 0 Å². The van der Waals surface area contributed by atoms with Crippen LogP contribution in [0.2, 0.25) is 0 Å². The Morgan fingerprint density at radius 2 is 1.94 bits per heavy atom. The van der Waals surface area contributed by atoms with Gasteiger partial charge < -0.3 is 10.2 Å². The molecule has 1 N–H and O–H groups in total. The third-order valence-corrected chi connectivity index (χ3v) is 3.20. The molecule has 1 saturated heterocycles. The second-order valence-electron chi connectivity index (χ2n) is 4.71. The second-order valence-corrected chi connectivity index (χ2v) is 4.71. The number of likely N-dealkylation sites (N-methyl/N-ethyl adjacent to an activating group) is 1. The number of nitrogens with one attached hydrogen (secondary N) is 1. The molecule has 18 heavy (non-hydrogen) atoms. The highest BCUT2D eigenvalue weighted by atomic mass is 16.2. The molecule has 0 bridgehead atoms. The molecule has 0 spiro atoms. The lowest BCUT2D eigenvalue weighted by Crippen LogP contribution is -2.48. The maximum atomic E-state index is 11.8. The van der Waals surface area contributed by atoms with Crippen molar-refractivity contribution < 1.29 is 4.79 Å². The van der Waals surface area contributed by atoms with Gasteiger partial charge in [-0.25, -0.2) is 0 Å². The number of piperazine rings is 1. The molecular weight excluding hydrogens is 228 g/mol. The topological polar surface area (TPSA) is 48.5 Å². The molecule has 0 aliphatic carbocycles. The summed E-state index contributed by atoms with van der Waals surface area (Å²) in [5, 5.41) is 2.94. The van der Waals surface area contributed by atoms with Gasteiger partial charge in [0.15, 0.2) is 0 Å². The van der Waals surface area contributed by atoms with Gasteiger partial charge in [0, 0.05) is 45.1 Å². The van der Waals surface area contributed by atoms with Gasteiger partial charge in [-0.15, -0.1) is 0 Å². The third kappa shape index (κ3) is 4.09. The van der Waals surface area contributed by atoms with E-state index in [0.717, 1.165) is 31.7 Å². The predicted octanol–water partition coefficient (Wildman–Crippen LogP) is -0.0548. The van der Waals surface area contributed by atoms with Crippen LogP contribution in [0.5, 0.6) is 0 Å². The van der Waals surface area contributed by atoms with Crippen LogP contribution in [0.25, 0.3) is 0 Å². The molecule has 0 atom stereocenters. The number of rotatable bonds is 4. The molecule has 0 saturated carbocycles. The van der Waals surface area contributed by atoms with Crippen molar-refractivity contribution >= 4 is 5.91 Å². The Bertz CT molecular complexity index is 374. The first-order valence-electron chi connectivity index (χ1n) is 6.30. The van der Waals surface area contributed by atoms with E-state index in [-0.39, 0.29) is 5.91 Å². The minimum absolute atomic E-state index is 0.0939. The monoisotopic (exact) mass is 248 g/mol. The number of pyridine rings is 1. The van der Waals surface area contributed by atoms with Gasteiger partial charge >= 0.3 is 0 Å². The standard InChI is InChI=1S/C13H20N4O/c1-16-6-8-17(9-7-16)11-13(18)15-10-12-2-4-14-5-3-12/h2-5H,6-11H2,1H3,(H,15,18). The Morgan fingerprint density at radius 3 is 2.61 bits per heavy atom. The van der Waals surface area contributed by atoms with Gasteiger partial charge in [0.25, 0.3) is 0 Å². The fourth-order valence-electron chi connectivity index (χ4n) is 1.97. The molecule has 1 aliphatic rings. The number of nitrogens with zero attached hydrogens (tertiary/aromatic N) is 3. The van der Waals surface area contributed by atoms with E-state index in [0.29, 0.717) is 13.1 Å². The van der Waals surface area contributed by atoms with Gasteiger partial charge in [0.05, 0.1) is 6.54 Å². The number of hydrogen-bond acceptors (Lipinski definition) is 4. The summed E-state index contributed by atoms with van der Waals surface area (Å²) in [7, 11) is 2.11. The average Bonchev–Trinajstić information content (AvgIpc) is 2.40. The molecule has 5 heteroatoms. The molecule has 98 valence electrons. The largest absolute Gasteiger partial charge is 0.351 e. The van der Waals surface area contributed by atoms with Crippen molar-refractivity contribution in [2.45, 2.75) is 6.54 Å². The fraction of sp³-hybridized carbons (Fsp3) is 0.538. The molecular formula is C13H20N4O. The summed E-state index contributed by atoms with van der Waals surface area (Å²) in [4.78, 5) is 20.2. The molecule has 0 unspecified atom stereocenters. The Morgan fingerprint density at radius 1 is 1.28 bits per heavy atom. The normalized spacial score (nSPS) is 17.6. The van der Waals surface area contributed by atoms with Crippen LogP contribution in [0.4, 0.5) is 0 Å². The lowest BCUT2D eigenvalue weighted by molar-refractivity contribution is -0.122. The van der Waals surface area contributed by atoms with Crippen molar-refractivity contribution in [2.75, 3.05) is 39.8 Å². The van der Waals surface area contributed by atoms with E-state index in [1.807, 2.05) is 12.1 Å². The summed E-state index contributed by atoms with van der Waals surface area (Å²) in [5.41, 5.74) is 1.08. The second kappa shape index (κ2) is 6.47. The number of aromatic nitrogens is 1. The highest BCUT2D eigenvalue weighted by Gasteiger charge is 2.16. The summed E-state index contributed by atoms with van der Waals surface area (Å²) in [5.74, 6) is 0.0939. The Kier molecular flexibility index (Phi) is 4.66. The van der Waals surface area contributed by atoms with E-state index >= 15 is 0 Å². The van der Waals surface area contributed by atoms with Crippen LogP contribution in [0.1, 0.15) is 5.56 Å². The minimum atomic E-state index is 0.0939. The van der Waals surface area contributed by atoms with Crippen LogP contribution in [-0.2, 0) is 11.3 Å². The zero-order chi connectivity index (χ0) is 12.8. The number of hydrogen-bond donors (Lipinski definition) is 1. The number of amides is 1. The predicted molar refractivity (Wildman–Crippen MR) is 70.0 cm³/mol. The molecule has 1 amide bonds. The highest BCUT2D eigenvalue weighted by molar-refractivity contribution is 5.78. The average molecular weight is 248 g/mol. The molecule has 1 aliphatic heterocycles. The molecule has 0 aromatic carbocycles. The third-order valence-electron chi connectivity index (χ3n) is 3.20. The van der Waals surface area contributed by atoms with Gasteiger partial charge in [-0.3, -0.25) is 14.7 Å².